The molecule has 4 atom stereocenters. The van der Waals surface area contributed by atoms with Crippen molar-refractivity contribution in [1.29, 1.82) is 0 Å². The molecule has 4 heterocycles. The van der Waals surface area contributed by atoms with Gasteiger partial charge in [-0.1, -0.05) is 48.5 Å². The quantitative estimate of drug-likeness (QED) is 0.428. The molecule has 2 aromatic carbocycles. The second kappa shape index (κ2) is 9.72. The predicted octanol–water partition coefficient (Wildman–Crippen LogP) is 3.11. The van der Waals surface area contributed by atoms with Crippen molar-refractivity contribution < 1.29 is 9.90 Å². The van der Waals surface area contributed by atoms with Crippen molar-refractivity contribution in [2.24, 2.45) is 11.8 Å². The van der Waals surface area contributed by atoms with E-state index in [1.165, 1.54) is 6.33 Å². The first-order valence-electron chi connectivity index (χ1n) is 12.4. The second-order valence-electron chi connectivity index (χ2n) is 9.64. The summed E-state index contributed by atoms with van der Waals surface area (Å²) in [7, 11) is 0. The summed E-state index contributed by atoms with van der Waals surface area (Å²) in [6, 6.07) is 22.5. The number of hydrogen-bond donors (Lipinski definition) is 2. The number of carbonyl (C=O) groups is 1. The van der Waals surface area contributed by atoms with Crippen molar-refractivity contribution in [3.05, 3.63) is 113 Å². The summed E-state index contributed by atoms with van der Waals surface area (Å²) in [6.07, 6.45) is 5.01. The number of anilines is 1. The summed E-state index contributed by atoms with van der Waals surface area (Å²) in [6.45, 7) is 0.780. The van der Waals surface area contributed by atoms with E-state index in [4.69, 9.17) is 0 Å². The summed E-state index contributed by atoms with van der Waals surface area (Å²) in [5, 5.41) is 13.6. The summed E-state index contributed by atoms with van der Waals surface area (Å²) < 4.78 is 1.75. The molecule has 2 aliphatic rings. The number of nitrogens with one attached hydrogen (secondary N) is 1. The standard InChI is InChI=1S/C29H27N5O3/c35-17-23-25-16-33-24(7-4-8-26(33)36)28(34(25)15-19-13-30-18-31-14-19)27(23)29(37)32-22-11-9-21(10-12-22)20-5-2-1-3-6-20/h1-14,18,23,25,27-28,35H,15-17H2,(H,32,37)/t23-,25-,27+,28+/m0/s1. The highest BCUT2D eigenvalue weighted by molar-refractivity contribution is 5.94. The maximum Gasteiger partial charge on any atom is 0.250 e. The first-order valence-corrected chi connectivity index (χ1v) is 12.4. The summed E-state index contributed by atoms with van der Waals surface area (Å²) in [5.41, 5.74) is 4.47. The Morgan fingerprint density at radius 2 is 1.68 bits per heavy atom. The minimum atomic E-state index is -0.538. The SMILES string of the molecule is O=C(Nc1ccc(-c2ccccc2)cc1)[C@@H]1[C@@H](CO)[C@@H]2Cn3c(cccc3=O)[C@H]1N2Cc1cncnc1. The van der Waals surface area contributed by atoms with Crippen LogP contribution in [0.25, 0.3) is 11.1 Å². The van der Waals surface area contributed by atoms with Crippen LogP contribution in [0.1, 0.15) is 17.3 Å². The third-order valence-corrected chi connectivity index (χ3v) is 7.59. The van der Waals surface area contributed by atoms with Crippen molar-refractivity contribution >= 4 is 11.6 Å². The third-order valence-electron chi connectivity index (χ3n) is 7.59. The molecule has 0 radical (unpaired) electrons. The van der Waals surface area contributed by atoms with Crippen LogP contribution in [0.15, 0.2) is 96.3 Å². The molecule has 186 valence electrons. The van der Waals surface area contributed by atoms with Crippen molar-refractivity contribution in [2.75, 3.05) is 11.9 Å². The van der Waals surface area contributed by atoms with E-state index in [0.29, 0.717) is 18.8 Å². The molecule has 2 aromatic heterocycles. The van der Waals surface area contributed by atoms with Gasteiger partial charge in [-0.25, -0.2) is 9.97 Å². The molecule has 1 fully saturated rings. The Kier molecular flexibility index (Phi) is 6.12. The van der Waals surface area contributed by atoms with Crippen molar-refractivity contribution in [3.63, 3.8) is 0 Å². The zero-order valence-electron chi connectivity index (χ0n) is 20.1. The Hall–Kier alpha value is -4.14. The van der Waals surface area contributed by atoms with Crippen molar-refractivity contribution in [1.82, 2.24) is 19.4 Å². The lowest BCUT2D eigenvalue weighted by atomic mass is 9.86. The van der Waals surface area contributed by atoms with E-state index in [1.807, 2.05) is 60.7 Å². The summed E-state index contributed by atoms with van der Waals surface area (Å²) in [5.74, 6) is -1.04. The highest BCUT2D eigenvalue weighted by atomic mass is 16.3. The van der Waals surface area contributed by atoms with Gasteiger partial charge in [-0.2, -0.15) is 0 Å². The van der Waals surface area contributed by atoms with Gasteiger partial charge in [0.15, 0.2) is 0 Å². The Morgan fingerprint density at radius 1 is 0.946 bits per heavy atom. The van der Waals surface area contributed by atoms with E-state index in [1.54, 1.807) is 29.1 Å². The molecule has 2 N–H and O–H groups in total. The van der Waals surface area contributed by atoms with Crippen LogP contribution in [-0.4, -0.2) is 43.1 Å². The van der Waals surface area contributed by atoms with Crippen molar-refractivity contribution in [2.45, 2.75) is 25.2 Å². The number of hydrogen-bond acceptors (Lipinski definition) is 6. The number of aliphatic hydroxyl groups excluding tert-OH is 1. The minimum absolute atomic E-state index is 0.0931. The van der Waals surface area contributed by atoms with Crippen LogP contribution in [0.2, 0.25) is 0 Å². The van der Waals surface area contributed by atoms with Crippen LogP contribution in [0.5, 0.6) is 0 Å². The fraction of sp³-hybridized carbons (Fsp3) is 0.241. The lowest BCUT2D eigenvalue weighted by Gasteiger charge is -2.38. The predicted molar refractivity (Wildman–Crippen MR) is 139 cm³/mol. The zero-order valence-corrected chi connectivity index (χ0v) is 20.1. The molecular formula is C29H27N5O3. The fourth-order valence-electron chi connectivity index (χ4n) is 5.92. The third kappa shape index (κ3) is 4.24. The van der Waals surface area contributed by atoms with Crippen LogP contribution in [-0.2, 0) is 17.9 Å². The van der Waals surface area contributed by atoms with E-state index in [2.05, 4.69) is 20.2 Å². The average Bonchev–Trinajstić information content (AvgIpc) is 3.14. The van der Waals surface area contributed by atoms with Gasteiger partial charge in [-0.15, -0.1) is 0 Å². The zero-order chi connectivity index (χ0) is 25.4. The normalized spacial score (nSPS) is 22.4. The fourth-order valence-corrected chi connectivity index (χ4v) is 5.92. The van der Waals surface area contributed by atoms with Gasteiger partial charge in [0.05, 0.1) is 12.0 Å². The smallest absolute Gasteiger partial charge is 0.250 e. The molecule has 8 nitrogen and oxygen atoms in total. The van der Waals surface area contributed by atoms with Gasteiger partial charge in [-0.3, -0.25) is 14.5 Å². The van der Waals surface area contributed by atoms with Gasteiger partial charge >= 0.3 is 0 Å². The first-order chi connectivity index (χ1) is 18.1. The Bertz CT molecular complexity index is 1460. The van der Waals surface area contributed by atoms with E-state index in [-0.39, 0.29) is 36.1 Å². The van der Waals surface area contributed by atoms with Gasteiger partial charge in [0.2, 0.25) is 5.91 Å². The maximum absolute atomic E-state index is 13.8. The van der Waals surface area contributed by atoms with E-state index >= 15 is 0 Å². The van der Waals surface area contributed by atoms with Crippen LogP contribution in [0, 0.1) is 11.8 Å². The molecule has 1 saturated heterocycles. The first kappa shape index (κ1) is 23.3. The molecule has 0 saturated carbocycles. The minimum Gasteiger partial charge on any atom is -0.396 e. The molecule has 0 unspecified atom stereocenters. The lowest BCUT2D eigenvalue weighted by Crippen LogP contribution is -2.45. The number of amides is 1. The molecule has 37 heavy (non-hydrogen) atoms. The molecule has 2 aliphatic heterocycles. The number of aliphatic hydroxyl groups is 1. The highest BCUT2D eigenvalue weighted by Gasteiger charge is 2.55. The molecule has 1 amide bonds. The van der Waals surface area contributed by atoms with Gasteiger partial charge in [-0.05, 0) is 29.3 Å². The molecule has 8 heteroatoms. The molecule has 2 bridgehead atoms. The Balaban J connectivity index is 1.33. The molecular weight excluding hydrogens is 466 g/mol. The summed E-state index contributed by atoms with van der Waals surface area (Å²) in [4.78, 5) is 37.0. The molecule has 0 spiro atoms. The summed E-state index contributed by atoms with van der Waals surface area (Å²) >= 11 is 0. The highest BCUT2D eigenvalue weighted by Crippen LogP contribution is 2.49. The second-order valence-corrected chi connectivity index (χ2v) is 9.64. The van der Waals surface area contributed by atoms with Crippen LogP contribution >= 0.6 is 0 Å². The molecule has 4 aromatic rings. The van der Waals surface area contributed by atoms with Gasteiger partial charge in [0, 0.05) is 67.1 Å². The lowest BCUT2D eigenvalue weighted by molar-refractivity contribution is -0.122. The average molecular weight is 494 g/mol. The number of carbonyl (C=O) groups excluding carboxylic acids is 1. The van der Waals surface area contributed by atoms with E-state index in [9.17, 15) is 14.7 Å². The number of nitrogens with zero attached hydrogens (tertiary/aromatic N) is 4. The number of rotatable bonds is 6. The van der Waals surface area contributed by atoms with Gasteiger partial charge in [0.1, 0.15) is 6.33 Å². The number of fused-ring (bicyclic) bond motifs is 4. The molecule has 0 aliphatic carbocycles. The maximum atomic E-state index is 13.8. The van der Waals surface area contributed by atoms with Crippen LogP contribution in [0.4, 0.5) is 5.69 Å². The number of aromatic nitrogens is 3. The Morgan fingerprint density at radius 3 is 2.41 bits per heavy atom. The molecule has 6 rings (SSSR count). The van der Waals surface area contributed by atoms with E-state index < -0.39 is 5.92 Å². The largest absolute Gasteiger partial charge is 0.396 e. The van der Waals surface area contributed by atoms with E-state index in [0.717, 1.165) is 22.4 Å². The Labute approximate surface area is 214 Å². The topological polar surface area (TPSA) is 100 Å². The van der Waals surface area contributed by atoms with Crippen molar-refractivity contribution in [3.8, 4) is 11.1 Å². The van der Waals surface area contributed by atoms with Gasteiger partial charge < -0.3 is 15.0 Å². The van der Waals surface area contributed by atoms with Gasteiger partial charge in [0.25, 0.3) is 5.56 Å². The monoisotopic (exact) mass is 493 g/mol. The number of pyridine rings is 1. The van der Waals surface area contributed by atoms with Crippen LogP contribution < -0.4 is 10.9 Å². The van der Waals surface area contributed by atoms with Crippen LogP contribution in [0.3, 0.4) is 0 Å². The number of benzene rings is 2.